The highest BCUT2D eigenvalue weighted by molar-refractivity contribution is 7.89. The molecule has 12 heteroatoms. The SMILES string of the molecule is CN(C)S(=O)(=O)c1ccc(Cn2cc(C(=O)NCc3cccc(C(F)(F)F)c3)sc2=O)cc1. The lowest BCUT2D eigenvalue weighted by Crippen LogP contribution is -2.22. The molecule has 0 spiro atoms. The molecule has 0 saturated heterocycles. The zero-order valence-corrected chi connectivity index (χ0v) is 19.2. The average Bonchev–Trinajstić information content (AvgIpc) is 3.12. The highest BCUT2D eigenvalue weighted by Crippen LogP contribution is 2.29. The third-order valence-corrected chi connectivity index (χ3v) is 7.44. The van der Waals surface area contributed by atoms with Crippen LogP contribution in [0.2, 0.25) is 0 Å². The van der Waals surface area contributed by atoms with Crippen molar-refractivity contribution in [1.82, 2.24) is 14.2 Å². The fourth-order valence-corrected chi connectivity index (χ4v) is 4.56. The topological polar surface area (TPSA) is 88.5 Å². The van der Waals surface area contributed by atoms with E-state index in [1.807, 2.05) is 0 Å². The number of sulfonamides is 1. The van der Waals surface area contributed by atoms with Gasteiger partial charge in [-0.3, -0.25) is 9.59 Å². The van der Waals surface area contributed by atoms with Gasteiger partial charge in [-0.1, -0.05) is 35.6 Å². The normalized spacial score (nSPS) is 12.2. The van der Waals surface area contributed by atoms with E-state index in [0.29, 0.717) is 16.9 Å². The van der Waals surface area contributed by atoms with Crippen LogP contribution in [0.1, 0.15) is 26.4 Å². The Morgan fingerprint density at radius 3 is 2.36 bits per heavy atom. The van der Waals surface area contributed by atoms with Crippen molar-refractivity contribution in [2.45, 2.75) is 24.2 Å². The molecule has 0 fully saturated rings. The molecule has 1 aromatic heterocycles. The van der Waals surface area contributed by atoms with Crippen molar-refractivity contribution in [3.05, 3.63) is 86.0 Å². The Morgan fingerprint density at radius 2 is 1.76 bits per heavy atom. The second kappa shape index (κ2) is 9.49. The van der Waals surface area contributed by atoms with Crippen molar-refractivity contribution in [1.29, 1.82) is 0 Å². The molecule has 0 radical (unpaired) electrons. The van der Waals surface area contributed by atoms with Gasteiger partial charge in [0.1, 0.15) is 4.88 Å². The lowest BCUT2D eigenvalue weighted by atomic mass is 10.1. The summed E-state index contributed by atoms with van der Waals surface area (Å²) in [5, 5.41) is 2.51. The molecule has 0 aliphatic carbocycles. The number of thiazole rings is 1. The molecule has 2 aromatic carbocycles. The molecule has 1 N–H and O–H groups in total. The smallest absolute Gasteiger partial charge is 0.347 e. The number of alkyl halides is 3. The van der Waals surface area contributed by atoms with E-state index in [9.17, 15) is 31.2 Å². The molecule has 0 saturated carbocycles. The van der Waals surface area contributed by atoms with Gasteiger partial charge in [0.2, 0.25) is 10.0 Å². The van der Waals surface area contributed by atoms with E-state index in [4.69, 9.17) is 0 Å². The number of aromatic nitrogens is 1. The van der Waals surface area contributed by atoms with Crippen molar-refractivity contribution >= 4 is 27.3 Å². The first-order valence-electron chi connectivity index (χ1n) is 9.54. The summed E-state index contributed by atoms with van der Waals surface area (Å²) in [6.07, 6.45) is -3.12. The number of nitrogens with one attached hydrogen (secondary N) is 1. The third kappa shape index (κ3) is 5.89. The molecule has 1 amide bonds. The van der Waals surface area contributed by atoms with Crippen LogP contribution >= 0.6 is 11.3 Å². The minimum Gasteiger partial charge on any atom is -0.347 e. The molecule has 33 heavy (non-hydrogen) atoms. The molecular weight excluding hydrogens is 479 g/mol. The van der Waals surface area contributed by atoms with Crippen LogP contribution in [-0.4, -0.2) is 37.3 Å². The van der Waals surface area contributed by atoms with Gasteiger partial charge in [-0.2, -0.15) is 13.2 Å². The first-order chi connectivity index (χ1) is 15.4. The number of hydrogen-bond acceptors (Lipinski definition) is 5. The largest absolute Gasteiger partial charge is 0.416 e. The maximum Gasteiger partial charge on any atom is 0.416 e. The van der Waals surface area contributed by atoms with Crippen LogP contribution in [0.5, 0.6) is 0 Å². The van der Waals surface area contributed by atoms with Crippen LogP contribution in [0.3, 0.4) is 0 Å². The van der Waals surface area contributed by atoms with Gasteiger partial charge in [-0.05, 0) is 35.4 Å². The Labute approximate surface area is 192 Å². The number of amides is 1. The molecule has 0 bridgehead atoms. The van der Waals surface area contributed by atoms with Crippen molar-refractivity contribution in [2.75, 3.05) is 14.1 Å². The molecule has 3 aromatic rings. The third-order valence-electron chi connectivity index (χ3n) is 4.69. The number of rotatable bonds is 7. The maximum absolute atomic E-state index is 12.8. The Kier molecular flexibility index (Phi) is 7.10. The lowest BCUT2D eigenvalue weighted by Gasteiger charge is -2.11. The minimum atomic E-state index is -4.48. The highest BCUT2D eigenvalue weighted by atomic mass is 32.2. The quantitative estimate of drug-likeness (QED) is 0.541. The van der Waals surface area contributed by atoms with E-state index in [0.717, 1.165) is 16.4 Å². The molecule has 7 nitrogen and oxygen atoms in total. The monoisotopic (exact) mass is 499 g/mol. The Balaban J connectivity index is 1.68. The highest BCUT2D eigenvalue weighted by Gasteiger charge is 2.30. The van der Waals surface area contributed by atoms with E-state index >= 15 is 0 Å². The molecule has 0 aliphatic heterocycles. The van der Waals surface area contributed by atoms with Crippen LogP contribution in [0.4, 0.5) is 13.2 Å². The Hall–Kier alpha value is -2.96. The maximum atomic E-state index is 12.8. The summed E-state index contributed by atoms with van der Waals surface area (Å²) in [6, 6.07) is 10.6. The molecule has 0 unspecified atom stereocenters. The van der Waals surface area contributed by atoms with E-state index in [-0.39, 0.29) is 28.4 Å². The van der Waals surface area contributed by atoms with Crippen molar-refractivity contribution < 1.29 is 26.4 Å². The number of carbonyl (C=O) groups excluding carboxylic acids is 1. The molecule has 3 rings (SSSR count). The van der Waals surface area contributed by atoms with E-state index in [1.165, 1.54) is 49.1 Å². The van der Waals surface area contributed by atoms with Gasteiger partial charge in [0, 0.05) is 26.8 Å². The molecule has 0 atom stereocenters. The molecule has 0 aliphatic rings. The standard InChI is InChI=1S/C21H20F3N3O4S2/c1-26(2)33(30,31)17-8-6-14(7-9-17)12-27-13-18(32-20(27)29)19(28)25-11-15-4-3-5-16(10-15)21(22,23)24/h3-10,13H,11-12H2,1-2H3,(H,25,28). The van der Waals surface area contributed by atoms with Gasteiger partial charge in [0.15, 0.2) is 0 Å². The minimum absolute atomic E-state index is 0.110. The molecule has 1 heterocycles. The van der Waals surface area contributed by atoms with Crippen LogP contribution in [-0.2, 0) is 29.3 Å². The summed E-state index contributed by atoms with van der Waals surface area (Å²) in [7, 11) is -0.722. The van der Waals surface area contributed by atoms with E-state index < -0.39 is 32.5 Å². The number of nitrogens with zero attached hydrogens (tertiary/aromatic N) is 2. The zero-order valence-electron chi connectivity index (χ0n) is 17.6. The van der Waals surface area contributed by atoms with Crippen LogP contribution in [0, 0.1) is 0 Å². The number of hydrogen-bond donors (Lipinski definition) is 1. The van der Waals surface area contributed by atoms with Gasteiger partial charge in [-0.25, -0.2) is 12.7 Å². The summed E-state index contributed by atoms with van der Waals surface area (Å²) in [5.41, 5.74) is 0.121. The van der Waals surface area contributed by atoms with Gasteiger partial charge >= 0.3 is 11.0 Å². The predicted octanol–water partition coefficient (Wildman–Crippen LogP) is 3.16. The van der Waals surface area contributed by atoms with Crippen LogP contribution < -0.4 is 10.2 Å². The van der Waals surface area contributed by atoms with Crippen LogP contribution in [0.15, 0.2) is 64.4 Å². The number of halogens is 3. The average molecular weight is 500 g/mol. The molecule has 176 valence electrons. The second-order valence-electron chi connectivity index (χ2n) is 7.30. The first-order valence-corrected chi connectivity index (χ1v) is 11.8. The summed E-state index contributed by atoms with van der Waals surface area (Å²) in [6.45, 7) is -0.00477. The van der Waals surface area contributed by atoms with Gasteiger partial charge < -0.3 is 9.88 Å². The van der Waals surface area contributed by atoms with Gasteiger partial charge in [0.25, 0.3) is 5.91 Å². The number of benzene rings is 2. The number of carbonyl (C=O) groups is 1. The summed E-state index contributed by atoms with van der Waals surface area (Å²) in [5.74, 6) is -0.583. The fourth-order valence-electron chi connectivity index (χ4n) is 2.89. The van der Waals surface area contributed by atoms with Crippen LogP contribution in [0.25, 0.3) is 0 Å². The molecular formula is C21H20F3N3O4S2. The second-order valence-corrected chi connectivity index (χ2v) is 10.4. The zero-order chi connectivity index (χ0) is 24.4. The van der Waals surface area contributed by atoms with Crippen molar-refractivity contribution in [3.63, 3.8) is 0 Å². The van der Waals surface area contributed by atoms with Gasteiger partial charge in [0.05, 0.1) is 17.0 Å². The van der Waals surface area contributed by atoms with E-state index in [2.05, 4.69) is 5.32 Å². The van der Waals surface area contributed by atoms with Crippen molar-refractivity contribution in [3.8, 4) is 0 Å². The van der Waals surface area contributed by atoms with E-state index in [1.54, 1.807) is 12.1 Å². The Bertz CT molecular complexity index is 1310. The summed E-state index contributed by atoms with van der Waals surface area (Å²) >= 11 is 0.708. The fraction of sp³-hybridized carbons (Fsp3) is 0.238. The first kappa shape index (κ1) is 24.7. The Morgan fingerprint density at radius 1 is 1.09 bits per heavy atom. The predicted molar refractivity (Wildman–Crippen MR) is 118 cm³/mol. The summed E-state index contributed by atoms with van der Waals surface area (Å²) in [4.78, 5) is 24.5. The van der Waals surface area contributed by atoms with Crippen molar-refractivity contribution in [2.24, 2.45) is 0 Å². The summed E-state index contributed by atoms with van der Waals surface area (Å²) < 4.78 is 65.1. The van der Waals surface area contributed by atoms with Gasteiger partial charge in [-0.15, -0.1) is 0 Å². The lowest BCUT2D eigenvalue weighted by molar-refractivity contribution is -0.137.